The van der Waals surface area contributed by atoms with Crippen molar-refractivity contribution in [1.82, 2.24) is 24.5 Å². The summed E-state index contributed by atoms with van der Waals surface area (Å²) in [5.41, 5.74) is 4.26. The molecule has 4 rings (SSSR count). The molecule has 0 saturated carbocycles. The maximum absolute atomic E-state index is 12.3. The molecule has 0 saturated heterocycles. The predicted molar refractivity (Wildman–Crippen MR) is 140 cm³/mol. The fourth-order valence-electron chi connectivity index (χ4n) is 3.29. The van der Waals surface area contributed by atoms with Gasteiger partial charge in [-0.1, -0.05) is 18.5 Å². The van der Waals surface area contributed by atoms with Crippen LogP contribution in [0.2, 0.25) is 5.02 Å². The number of halogens is 2. The molecule has 0 aliphatic carbocycles. The highest BCUT2D eigenvalue weighted by Gasteiger charge is 2.26. The van der Waals surface area contributed by atoms with Crippen molar-refractivity contribution in [2.45, 2.75) is 26.4 Å². The molecule has 0 radical (unpaired) electrons. The van der Waals surface area contributed by atoms with Crippen LogP contribution in [0.5, 0.6) is 0 Å². The minimum atomic E-state index is -0.275. The summed E-state index contributed by atoms with van der Waals surface area (Å²) in [7, 11) is 1.94. The Hall–Kier alpha value is -1.49. The lowest BCUT2D eigenvalue weighted by atomic mass is 10.2. The van der Waals surface area contributed by atoms with Crippen LogP contribution in [0.1, 0.15) is 23.9 Å². The second-order valence-corrected chi connectivity index (χ2v) is 8.94. The van der Waals surface area contributed by atoms with E-state index < -0.39 is 0 Å². The van der Waals surface area contributed by atoms with Gasteiger partial charge in [-0.2, -0.15) is 17.7 Å². The molecule has 1 unspecified atom stereocenters. The summed E-state index contributed by atoms with van der Waals surface area (Å²) >= 11 is 12.0. The van der Waals surface area contributed by atoms with Crippen LogP contribution in [0.15, 0.2) is 35.5 Å². The van der Waals surface area contributed by atoms with Crippen LogP contribution in [0.3, 0.4) is 0 Å². The van der Waals surface area contributed by atoms with Crippen molar-refractivity contribution in [3.63, 3.8) is 0 Å². The summed E-state index contributed by atoms with van der Waals surface area (Å²) in [5, 5.41) is 4.39. The summed E-state index contributed by atoms with van der Waals surface area (Å²) in [4.78, 5) is 30.0. The van der Waals surface area contributed by atoms with Crippen molar-refractivity contribution in [3.8, 4) is 0 Å². The predicted octanol–water partition coefficient (Wildman–Crippen LogP) is 4.27. The molecule has 1 aliphatic heterocycles. The molecular formula is C19H22ClIN7OPS. The van der Waals surface area contributed by atoms with Crippen LogP contribution in [-0.2, 0) is 19.5 Å². The number of aromatic nitrogens is 5. The summed E-state index contributed by atoms with van der Waals surface area (Å²) in [6.07, 6.45) is 8.00. The van der Waals surface area contributed by atoms with E-state index in [1.165, 1.54) is 4.45 Å². The number of rotatable bonds is 5. The lowest BCUT2D eigenvalue weighted by molar-refractivity contribution is 0.838. The van der Waals surface area contributed by atoms with Gasteiger partial charge >= 0.3 is 0 Å². The number of anilines is 3. The van der Waals surface area contributed by atoms with Crippen LogP contribution in [-0.4, -0.2) is 37.8 Å². The van der Waals surface area contributed by atoms with Gasteiger partial charge in [0.1, 0.15) is 5.02 Å². The molecule has 31 heavy (non-hydrogen) atoms. The maximum atomic E-state index is 12.3. The normalized spacial score (nSPS) is 12.6. The van der Waals surface area contributed by atoms with Crippen molar-refractivity contribution in [1.29, 1.82) is 0 Å². The summed E-state index contributed by atoms with van der Waals surface area (Å²) in [6.45, 7) is 3.21. The number of aryl methyl sites for hydroxylation is 1. The zero-order chi connectivity index (χ0) is 22.5. The smallest absolute Gasteiger partial charge is 0.291 e. The van der Waals surface area contributed by atoms with E-state index in [0.29, 0.717) is 24.7 Å². The van der Waals surface area contributed by atoms with Gasteiger partial charge in [-0.15, -0.1) is 0 Å². The SMILES string of the molecule is CCc1ncccc1N(C)c1ncc2c(n1)CN(c1cnn(PI)c(=O)c1Cl)C2.CS. The van der Waals surface area contributed by atoms with E-state index in [4.69, 9.17) is 16.6 Å². The Morgan fingerprint density at radius 2 is 2.06 bits per heavy atom. The third-order valence-corrected chi connectivity index (χ3v) is 7.03. The summed E-state index contributed by atoms with van der Waals surface area (Å²) in [6, 6.07) is 3.93. The molecule has 1 aliphatic rings. The molecule has 0 N–H and O–H groups in total. The second-order valence-electron chi connectivity index (χ2n) is 6.53. The third kappa shape index (κ3) is 4.97. The number of hydrogen-bond acceptors (Lipinski definition) is 8. The van der Waals surface area contributed by atoms with E-state index in [2.05, 4.69) is 56.7 Å². The van der Waals surface area contributed by atoms with Gasteiger partial charge < -0.3 is 9.80 Å². The quantitative estimate of drug-likeness (QED) is 0.271. The molecule has 3 aromatic heterocycles. The van der Waals surface area contributed by atoms with Gasteiger partial charge in [-0.3, -0.25) is 9.78 Å². The molecule has 0 fully saturated rings. The average molecular weight is 590 g/mol. The zero-order valence-corrected chi connectivity index (χ0v) is 22.1. The highest BCUT2D eigenvalue weighted by Crippen LogP contribution is 2.32. The van der Waals surface area contributed by atoms with E-state index in [0.717, 1.165) is 29.1 Å². The third-order valence-electron chi connectivity index (χ3n) is 4.83. The minimum Gasteiger partial charge on any atom is -0.358 e. The Labute approximate surface area is 206 Å². The highest BCUT2D eigenvalue weighted by atomic mass is 127. The van der Waals surface area contributed by atoms with Gasteiger partial charge in [0.25, 0.3) is 5.56 Å². The van der Waals surface area contributed by atoms with E-state index in [-0.39, 0.29) is 17.0 Å². The van der Waals surface area contributed by atoms with Gasteiger partial charge in [0.15, 0.2) is 0 Å². The lowest BCUT2D eigenvalue weighted by Crippen LogP contribution is -2.23. The Morgan fingerprint density at radius 1 is 1.29 bits per heavy atom. The molecule has 12 heteroatoms. The fourth-order valence-corrected chi connectivity index (χ4v) is 4.93. The van der Waals surface area contributed by atoms with E-state index >= 15 is 0 Å². The summed E-state index contributed by atoms with van der Waals surface area (Å²) < 4.78 is 1.36. The molecule has 0 aromatic carbocycles. The molecule has 0 spiro atoms. The first-order valence-electron chi connectivity index (χ1n) is 9.40. The number of nitrogens with zero attached hydrogens (tertiary/aromatic N) is 7. The van der Waals surface area contributed by atoms with Crippen LogP contribution < -0.4 is 15.4 Å². The molecule has 0 bridgehead atoms. The van der Waals surface area contributed by atoms with Crippen molar-refractivity contribution in [2.75, 3.05) is 23.1 Å². The first-order valence-corrected chi connectivity index (χ1v) is 14.7. The fraction of sp³-hybridized carbons (Fsp3) is 0.316. The lowest BCUT2D eigenvalue weighted by Gasteiger charge is -2.20. The van der Waals surface area contributed by atoms with Crippen molar-refractivity contribution in [3.05, 3.63) is 63.1 Å². The van der Waals surface area contributed by atoms with Crippen LogP contribution >= 0.6 is 52.6 Å². The van der Waals surface area contributed by atoms with Crippen molar-refractivity contribution in [2.24, 2.45) is 0 Å². The monoisotopic (exact) mass is 589 g/mol. The highest BCUT2D eigenvalue weighted by molar-refractivity contribution is 14.2. The molecule has 4 heterocycles. The Kier molecular flexibility index (Phi) is 8.49. The first-order chi connectivity index (χ1) is 15.0. The number of pyridine rings is 1. The Morgan fingerprint density at radius 3 is 2.77 bits per heavy atom. The van der Waals surface area contributed by atoms with E-state index in [1.807, 2.05) is 35.2 Å². The van der Waals surface area contributed by atoms with E-state index in [9.17, 15) is 4.79 Å². The topological polar surface area (TPSA) is 80.0 Å². The molecule has 8 nitrogen and oxygen atoms in total. The number of hydrogen-bond donors (Lipinski definition) is 1. The van der Waals surface area contributed by atoms with Gasteiger partial charge in [0, 0.05) is 31.5 Å². The Bertz CT molecular complexity index is 1130. The van der Waals surface area contributed by atoms with E-state index in [1.54, 1.807) is 18.6 Å². The molecule has 1 atom stereocenters. The van der Waals surface area contributed by atoms with Crippen LogP contribution in [0, 0.1) is 0 Å². The van der Waals surface area contributed by atoms with Gasteiger partial charge in [0.2, 0.25) is 5.95 Å². The van der Waals surface area contributed by atoms with Gasteiger partial charge in [-0.05, 0) is 46.9 Å². The number of thiol groups is 1. The Balaban J connectivity index is 0.00000132. The zero-order valence-electron chi connectivity index (χ0n) is 17.2. The second kappa shape index (κ2) is 10.9. The van der Waals surface area contributed by atoms with Crippen LogP contribution in [0.25, 0.3) is 0 Å². The number of fused-ring (bicyclic) bond motifs is 1. The summed E-state index contributed by atoms with van der Waals surface area (Å²) in [5.74, 6) is 0.610. The van der Waals surface area contributed by atoms with Crippen LogP contribution in [0.4, 0.5) is 17.3 Å². The van der Waals surface area contributed by atoms with Gasteiger partial charge in [0.05, 0.1) is 41.9 Å². The van der Waals surface area contributed by atoms with Gasteiger partial charge in [-0.25, -0.2) is 14.4 Å². The molecule has 164 valence electrons. The van der Waals surface area contributed by atoms with Crippen molar-refractivity contribution < 1.29 is 0 Å². The maximum Gasteiger partial charge on any atom is 0.291 e. The first kappa shape index (κ1) is 24.2. The standard InChI is InChI=1S/C18H18ClIN7OP.CH4S/c1-3-12-14(5-4-6-21-12)25(2)18-22-7-11-9-26(10-13(11)24-18)15-8-23-27(29-20)17(28)16(15)19;1-2/h4-8,29H,3,9-10H2,1-2H3;2H,1H3. The molecule has 0 amide bonds. The molecule has 3 aromatic rings. The average Bonchev–Trinajstić information content (AvgIpc) is 3.24. The van der Waals surface area contributed by atoms with Crippen molar-refractivity contribution >= 4 is 70.0 Å². The largest absolute Gasteiger partial charge is 0.358 e. The molecular weight excluding hydrogens is 568 g/mol. The minimum absolute atomic E-state index is 0.185.